The Labute approximate surface area is 136 Å². The molecule has 0 heterocycles. The summed E-state index contributed by atoms with van der Waals surface area (Å²) in [7, 11) is -1.55. The smallest absolute Gasteiger partial charge is 0.416 e. The summed E-state index contributed by atoms with van der Waals surface area (Å²) in [5, 5.41) is 0. The third kappa shape index (κ3) is 4.10. The molecule has 0 saturated heterocycles. The van der Waals surface area contributed by atoms with Crippen LogP contribution >= 0.6 is 0 Å². The highest BCUT2D eigenvalue weighted by atomic mass is 32.2. The third-order valence-corrected chi connectivity index (χ3v) is 4.26. The summed E-state index contributed by atoms with van der Waals surface area (Å²) in [6.45, 7) is 0. The number of benzene rings is 2. The van der Waals surface area contributed by atoms with Gasteiger partial charge in [-0.15, -0.1) is 0 Å². The first-order chi connectivity index (χ1) is 11.2. The number of alkyl halides is 3. The molecule has 130 valence electrons. The second kappa shape index (κ2) is 6.60. The predicted octanol–water partition coefficient (Wildman–Crippen LogP) is 3.49. The predicted molar refractivity (Wildman–Crippen MR) is 78.8 cm³/mol. The van der Waals surface area contributed by atoms with E-state index in [0.29, 0.717) is 23.6 Å². The first kappa shape index (κ1) is 17.9. The summed E-state index contributed by atoms with van der Waals surface area (Å²) < 4.78 is 76.8. The van der Waals surface area contributed by atoms with Crippen LogP contribution in [0, 0.1) is 0 Å². The summed E-state index contributed by atoms with van der Waals surface area (Å²) in [5.74, 6) is 0.505. The van der Waals surface area contributed by atoms with E-state index in [1.165, 1.54) is 32.4 Å². The molecule has 0 aliphatic rings. The van der Waals surface area contributed by atoms with Crippen LogP contribution < -0.4 is 13.7 Å². The zero-order valence-corrected chi connectivity index (χ0v) is 13.4. The van der Waals surface area contributed by atoms with Gasteiger partial charge in [0.05, 0.1) is 19.8 Å². The highest BCUT2D eigenvalue weighted by Gasteiger charge is 2.31. The molecule has 0 atom stereocenters. The van der Waals surface area contributed by atoms with Gasteiger partial charge in [0.2, 0.25) is 0 Å². The van der Waals surface area contributed by atoms with E-state index in [1.807, 2.05) is 0 Å². The molecule has 5 nitrogen and oxygen atoms in total. The minimum Gasteiger partial charge on any atom is -0.496 e. The summed E-state index contributed by atoms with van der Waals surface area (Å²) >= 11 is 0. The average Bonchev–Trinajstić information content (AvgIpc) is 2.53. The van der Waals surface area contributed by atoms with E-state index in [-0.39, 0.29) is 5.75 Å². The van der Waals surface area contributed by atoms with Crippen molar-refractivity contribution < 1.29 is 35.2 Å². The molecule has 0 aliphatic heterocycles. The maximum absolute atomic E-state index is 12.5. The number of hydrogen-bond donors (Lipinski definition) is 0. The molecule has 0 bridgehead atoms. The minimum absolute atomic E-state index is 0.0916. The molecule has 2 aromatic carbocycles. The Morgan fingerprint density at radius 2 is 1.29 bits per heavy atom. The number of ether oxygens (including phenoxy) is 2. The molecule has 0 spiro atoms. The molecular weight excluding hydrogens is 349 g/mol. The standard InChI is InChI=1S/C15H13F3O5S/c1-21-11-7-12(22-2)9-13(8-11)23-24(19,20)14-5-3-10(4-6-14)15(16,17)18/h3-9H,1-2H3. The summed E-state index contributed by atoms with van der Waals surface area (Å²) in [4.78, 5) is -0.405. The minimum atomic E-state index is -4.55. The first-order valence-corrected chi connectivity index (χ1v) is 7.91. The monoisotopic (exact) mass is 362 g/mol. The van der Waals surface area contributed by atoms with Crippen LogP contribution in [0.15, 0.2) is 47.4 Å². The lowest BCUT2D eigenvalue weighted by molar-refractivity contribution is -0.137. The van der Waals surface area contributed by atoms with Gasteiger partial charge in [-0.1, -0.05) is 0 Å². The zero-order valence-electron chi connectivity index (χ0n) is 12.6. The van der Waals surface area contributed by atoms with Crippen molar-refractivity contribution in [2.45, 2.75) is 11.1 Å². The zero-order chi connectivity index (χ0) is 18.0. The summed E-state index contributed by atoms with van der Waals surface area (Å²) in [5.41, 5.74) is -0.954. The fourth-order valence-corrected chi connectivity index (χ4v) is 2.73. The van der Waals surface area contributed by atoms with Crippen LogP contribution in [0.3, 0.4) is 0 Å². The fourth-order valence-electron chi connectivity index (χ4n) is 1.81. The number of halogens is 3. The van der Waals surface area contributed by atoms with Gasteiger partial charge in [0.15, 0.2) is 0 Å². The first-order valence-electron chi connectivity index (χ1n) is 6.50. The van der Waals surface area contributed by atoms with Crippen molar-refractivity contribution in [2.24, 2.45) is 0 Å². The molecule has 0 aromatic heterocycles. The van der Waals surface area contributed by atoms with Gasteiger partial charge in [-0.05, 0) is 24.3 Å². The van der Waals surface area contributed by atoms with Crippen LogP contribution in [-0.4, -0.2) is 22.6 Å². The molecule has 24 heavy (non-hydrogen) atoms. The molecule has 0 N–H and O–H groups in total. The van der Waals surface area contributed by atoms with E-state index in [1.54, 1.807) is 0 Å². The molecule has 0 fully saturated rings. The lowest BCUT2D eigenvalue weighted by atomic mass is 10.2. The Hall–Kier alpha value is -2.42. The Bertz CT molecular complexity index is 792. The van der Waals surface area contributed by atoms with Crippen LogP contribution in [0.2, 0.25) is 0 Å². The van der Waals surface area contributed by atoms with Gasteiger partial charge in [0.1, 0.15) is 22.1 Å². The molecule has 0 unspecified atom stereocenters. The fraction of sp³-hybridized carbons (Fsp3) is 0.200. The van der Waals surface area contributed by atoms with E-state index < -0.39 is 26.8 Å². The molecule has 9 heteroatoms. The molecule has 0 amide bonds. The second-order valence-corrected chi connectivity index (χ2v) is 6.15. The van der Waals surface area contributed by atoms with E-state index in [9.17, 15) is 21.6 Å². The molecule has 2 rings (SSSR count). The molecule has 0 saturated carbocycles. The second-order valence-electron chi connectivity index (χ2n) is 4.61. The van der Waals surface area contributed by atoms with Gasteiger partial charge >= 0.3 is 16.3 Å². The van der Waals surface area contributed by atoms with Crippen molar-refractivity contribution >= 4 is 10.1 Å². The van der Waals surface area contributed by atoms with Crippen molar-refractivity contribution in [3.8, 4) is 17.2 Å². The van der Waals surface area contributed by atoms with Crippen molar-refractivity contribution in [2.75, 3.05) is 14.2 Å². The molecule has 2 aromatic rings. The van der Waals surface area contributed by atoms with Crippen LogP contribution in [-0.2, 0) is 16.3 Å². The Morgan fingerprint density at radius 3 is 1.71 bits per heavy atom. The molecule has 0 aliphatic carbocycles. The van der Waals surface area contributed by atoms with Crippen LogP contribution in [0.1, 0.15) is 5.56 Å². The van der Waals surface area contributed by atoms with Gasteiger partial charge < -0.3 is 13.7 Å². The van der Waals surface area contributed by atoms with Crippen molar-refractivity contribution in [1.82, 2.24) is 0 Å². The van der Waals surface area contributed by atoms with Crippen molar-refractivity contribution in [1.29, 1.82) is 0 Å². The number of hydrogen-bond acceptors (Lipinski definition) is 5. The van der Waals surface area contributed by atoms with E-state index in [4.69, 9.17) is 13.7 Å². The summed E-state index contributed by atoms with van der Waals surface area (Å²) in [6.07, 6.45) is -4.55. The highest BCUT2D eigenvalue weighted by Crippen LogP contribution is 2.32. The highest BCUT2D eigenvalue weighted by molar-refractivity contribution is 7.87. The largest absolute Gasteiger partial charge is 0.496 e. The Morgan fingerprint density at radius 1 is 0.833 bits per heavy atom. The van der Waals surface area contributed by atoms with Gasteiger partial charge in [-0.3, -0.25) is 0 Å². The van der Waals surface area contributed by atoms with E-state index in [0.717, 1.165) is 12.1 Å². The normalized spacial score (nSPS) is 11.9. The van der Waals surface area contributed by atoms with Crippen molar-refractivity contribution in [3.63, 3.8) is 0 Å². The maximum Gasteiger partial charge on any atom is 0.416 e. The SMILES string of the molecule is COc1cc(OC)cc(OS(=O)(=O)c2ccc(C(F)(F)F)cc2)c1. The van der Waals surface area contributed by atoms with Gasteiger partial charge in [0, 0.05) is 18.2 Å². The van der Waals surface area contributed by atoms with Crippen LogP contribution in [0.5, 0.6) is 17.2 Å². The molecular formula is C15H13F3O5S. The van der Waals surface area contributed by atoms with E-state index >= 15 is 0 Å². The number of rotatable bonds is 5. The maximum atomic E-state index is 12.5. The number of methoxy groups -OCH3 is 2. The lowest BCUT2D eigenvalue weighted by Gasteiger charge is -2.11. The topological polar surface area (TPSA) is 61.8 Å². The van der Waals surface area contributed by atoms with Gasteiger partial charge in [-0.25, -0.2) is 0 Å². The van der Waals surface area contributed by atoms with Crippen LogP contribution in [0.4, 0.5) is 13.2 Å². The van der Waals surface area contributed by atoms with Crippen molar-refractivity contribution in [3.05, 3.63) is 48.0 Å². The van der Waals surface area contributed by atoms with Crippen LogP contribution in [0.25, 0.3) is 0 Å². The summed E-state index contributed by atoms with van der Waals surface area (Å²) in [6, 6.07) is 7.13. The Kier molecular flexibility index (Phi) is 4.93. The van der Waals surface area contributed by atoms with E-state index in [2.05, 4.69) is 0 Å². The molecule has 0 radical (unpaired) electrons. The lowest BCUT2D eigenvalue weighted by Crippen LogP contribution is -2.11. The Balaban J connectivity index is 2.31. The average molecular weight is 362 g/mol. The van der Waals surface area contributed by atoms with Gasteiger partial charge in [-0.2, -0.15) is 21.6 Å². The third-order valence-electron chi connectivity index (χ3n) is 3.00. The van der Waals surface area contributed by atoms with Gasteiger partial charge in [0.25, 0.3) is 0 Å². The quantitative estimate of drug-likeness (QED) is 0.762.